The number of amides is 1. The summed E-state index contributed by atoms with van der Waals surface area (Å²) in [6, 6.07) is 10.2. The molecule has 146 valence electrons. The van der Waals surface area contributed by atoms with E-state index in [1.165, 1.54) is 0 Å². The van der Waals surface area contributed by atoms with Gasteiger partial charge in [0.05, 0.1) is 6.10 Å². The Morgan fingerprint density at radius 2 is 2.18 bits per heavy atom. The van der Waals surface area contributed by atoms with Gasteiger partial charge in [0.25, 0.3) is 5.91 Å². The fraction of sp³-hybridized carbons (Fsp3) is 0.364. The highest BCUT2D eigenvalue weighted by Crippen LogP contribution is 2.26. The molecule has 0 bridgehead atoms. The van der Waals surface area contributed by atoms with E-state index in [2.05, 4.69) is 38.8 Å². The fourth-order valence-electron chi connectivity index (χ4n) is 3.51. The molecule has 6 heteroatoms. The van der Waals surface area contributed by atoms with E-state index in [1.54, 1.807) is 6.08 Å². The molecule has 28 heavy (non-hydrogen) atoms. The van der Waals surface area contributed by atoms with Gasteiger partial charge >= 0.3 is 0 Å². The Kier molecular flexibility index (Phi) is 6.38. The summed E-state index contributed by atoms with van der Waals surface area (Å²) in [5.74, 6) is -0.359. The van der Waals surface area contributed by atoms with Crippen molar-refractivity contribution in [3.63, 3.8) is 0 Å². The molecule has 1 N–H and O–H groups in total. The van der Waals surface area contributed by atoms with E-state index in [4.69, 9.17) is 4.74 Å². The number of carbonyl (C=O) groups is 1. The molecule has 1 saturated heterocycles. The van der Waals surface area contributed by atoms with Crippen LogP contribution in [-0.4, -0.2) is 29.7 Å². The first kappa shape index (κ1) is 20.4. The van der Waals surface area contributed by atoms with Crippen molar-refractivity contribution in [2.45, 2.75) is 39.7 Å². The lowest BCUT2D eigenvalue weighted by atomic mass is 10.1. The first-order valence-corrected chi connectivity index (χ1v) is 10.2. The number of nitrogens with one attached hydrogen (secondary N) is 1. The van der Waals surface area contributed by atoms with Gasteiger partial charge in [0.1, 0.15) is 11.6 Å². The molecule has 0 radical (unpaired) electrons. The molecule has 1 aromatic carbocycles. The Morgan fingerprint density at radius 3 is 2.82 bits per heavy atom. The van der Waals surface area contributed by atoms with Crippen LogP contribution in [0.4, 0.5) is 0 Å². The molecule has 1 amide bonds. The smallest absolute Gasteiger partial charge is 0.262 e. The normalized spacial score (nSPS) is 16.8. The van der Waals surface area contributed by atoms with Gasteiger partial charge in [-0.25, -0.2) is 0 Å². The van der Waals surface area contributed by atoms with Gasteiger partial charge in [-0.1, -0.05) is 15.9 Å². The predicted octanol–water partition coefficient (Wildman–Crippen LogP) is 4.37. The van der Waals surface area contributed by atoms with E-state index in [0.717, 1.165) is 52.1 Å². The molecule has 2 aromatic rings. The van der Waals surface area contributed by atoms with Gasteiger partial charge in [-0.3, -0.25) is 4.79 Å². The molecular formula is C22H24BrN3O2. The van der Waals surface area contributed by atoms with Crippen LogP contribution in [0, 0.1) is 32.1 Å². The first-order chi connectivity index (χ1) is 13.4. The number of aryl methyl sites for hydroxylation is 2. The Balaban J connectivity index is 1.84. The van der Waals surface area contributed by atoms with Crippen LogP contribution in [-0.2, 0) is 9.53 Å². The van der Waals surface area contributed by atoms with Gasteiger partial charge in [-0.05, 0) is 75.1 Å². The summed E-state index contributed by atoms with van der Waals surface area (Å²) in [7, 11) is 0. The number of halogens is 1. The van der Waals surface area contributed by atoms with Gasteiger partial charge in [0.2, 0.25) is 0 Å². The van der Waals surface area contributed by atoms with Crippen LogP contribution >= 0.6 is 15.9 Å². The van der Waals surface area contributed by atoms with Crippen molar-refractivity contribution in [2.75, 3.05) is 13.2 Å². The minimum absolute atomic E-state index is 0.0506. The fourth-order valence-corrected chi connectivity index (χ4v) is 3.76. The third-order valence-corrected chi connectivity index (χ3v) is 5.94. The summed E-state index contributed by atoms with van der Waals surface area (Å²) >= 11 is 3.53. The van der Waals surface area contributed by atoms with Crippen molar-refractivity contribution < 1.29 is 9.53 Å². The molecular weight excluding hydrogens is 418 g/mol. The lowest BCUT2D eigenvalue weighted by Crippen LogP contribution is -2.32. The molecule has 2 heterocycles. The van der Waals surface area contributed by atoms with Crippen LogP contribution < -0.4 is 5.32 Å². The predicted molar refractivity (Wildman–Crippen MR) is 113 cm³/mol. The highest BCUT2D eigenvalue weighted by Gasteiger charge is 2.18. The number of rotatable bonds is 5. The second kappa shape index (κ2) is 8.76. The van der Waals surface area contributed by atoms with Crippen LogP contribution in [0.1, 0.15) is 35.4 Å². The van der Waals surface area contributed by atoms with E-state index in [-0.39, 0.29) is 17.6 Å². The summed E-state index contributed by atoms with van der Waals surface area (Å²) in [5, 5.41) is 12.3. The summed E-state index contributed by atoms with van der Waals surface area (Å²) in [4.78, 5) is 12.4. The molecule has 0 unspecified atom stereocenters. The second-order valence-corrected chi connectivity index (χ2v) is 7.96. The molecule has 0 spiro atoms. The lowest BCUT2D eigenvalue weighted by molar-refractivity contribution is -0.117. The Bertz CT molecular complexity index is 963. The Hall–Kier alpha value is -2.36. The van der Waals surface area contributed by atoms with E-state index in [0.29, 0.717) is 6.54 Å². The average Bonchev–Trinajstić information content (AvgIpc) is 3.28. The van der Waals surface area contributed by atoms with Crippen molar-refractivity contribution >= 4 is 27.9 Å². The number of ether oxygens (including phenoxy) is 1. The zero-order chi connectivity index (χ0) is 20.3. The minimum Gasteiger partial charge on any atom is -0.376 e. The molecule has 3 rings (SSSR count). The molecule has 1 aromatic heterocycles. The number of benzene rings is 1. The number of aromatic nitrogens is 1. The van der Waals surface area contributed by atoms with Gasteiger partial charge in [-0.15, -0.1) is 0 Å². The summed E-state index contributed by atoms with van der Waals surface area (Å²) in [5.41, 5.74) is 5.19. The molecule has 1 atom stereocenters. The summed E-state index contributed by atoms with van der Waals surface area (Å²) in [6.45, 7) is 7.24. The standard InChI is InChI=1S/C22H24BrN3O2/c1-14-9-19(6-7-21(14)23)26-15(2)10-17(16(26)3)11-18(12-24)22(27)25-13-20-5-4-8-28-20/h6-7,9-11,20H,4-5,8,13H2,1-3H3,(H,25,27)/b18-11+/t20-/m1/s1. The monoisotopic (exact) mass is 441 g/mol. The third-order valence-electron chi connectivity index (χ3n) is 5.05. The van der Waals surface area contributed by atoms with Crippen LogP contribution in [0.2, 0.25) is 0 Å². The minimum atomic E-state index is -0.359. The van der Waals surface area contributed by atoms with Crippen molar-refractivity contribution in [1.29, 1.82) is 5.26 Å². The molecule has 0 saturated carbocycles. The number of nitrogens with zero attached hydrogens (tertiary/aromatic N) is 2. The molecule has 1 aliphatic rings. The van der Waals surface area contributed by atoms with Crippen molar-refractivity contribution in [1.82, 2.24) is 9.88 Å². The topological polar surface area (TPSA) is 67.0 Å². The van der Waals surface area contributed by atoms with Gasteiger partial charge in [0.15, 0.2) is 0 Å². The second-order valence-electron chi connectivity index (χ2n) is 7.11. The highest BCUT2D eigenvalue weighted by molar-refractivity contribution is 9.10. The van der Waals surface area contributed by atoms with Crippen LogP contribution in [0.5, 0.6) is 0 Å². The number of hydrogen-bond donors (Lipinski definition) is 1. The van der Waals surface area contributed by atoms with Crippen molar-refractivity contribution in [2.24, 2.45) is 0 Å². The van der Waals surface area contributed by atoms with E-state index in [1.807, 2.05) is 38.1 Å². The number of carbonyl (C=O) groups excluding carboxylic acids is 1. The number of nitriles is 1. The zero-order valence-corrected chi connectivity index (χ0v) is 18.0. The van der Waals surface area contributed by atoms with Crippen molar-refractivity contribution in [3.8, 4) is 11.8 Å². The average molecular weight is 442 g/mol. The van der Waals surface area contributed by atoms with Crippen LogP contribution in [0.25, 0.3) is 11.8 Å². The molecule has 1 fully saturated rings. The van der Waals surface area contributed by atoms with Crippen LogP contribution in [0.3, 0.4) is 0 Å². The Morgan fingerprint density at radius 1 is 1.39 bits per heavy atom. The molecule has 5 nitrogen and oxygen atoms in total. The first-order valence-electron chi connectivity index (χ1n) is 9.37. The highest BCUT2D eigenvalue weighted by atomic mass is 79.9. The summed E-state index contributed by atoms with van der Waals surface area (Å²) < 4.78 is 8.71. The quantitative estimate of drug-likeness (QED) is 0.553. The number of hydrogen-bond acceptors (Lipinski definition) is 3. The third kappa shape index (κ3) is 4.37. The van der Waals surface area contributed by atoms with E-state index < -0.39 is 0 Å². The van der Waals surface area contributed by atoms with Gasteiger partial charge < -0.3 is 14.6 Å². The molecule has 0 aliphatic carbocycles. The van der Waals surface area contributed by atoms with E-state index >= 15 is 0 Å². The lowest BCUT2D eigenvalue weighted by Gasteiger charge is -2.11. The zero-order valence-electron chi connectivity index (χ0n) is 16.4. The van der Waals surface area contributed by atoms with E-state index in [9.17, 15) is 10.1 Å². The summed E-state index contributed by atoms with van der Waals surface area (Å²) in [6.07, 6.45) is 3.67. The SMILES string of the molecule is Cc1cc(-n2c(C)cc(/C=C(\C#N)C(=O)NC[C@H]3CCCO3)c2C)ccc1Br. The maximum Gasteiger partial charge on any atom is 0.262 e. The largest absolute Gasteiger partial charge is 0.376 e. The maximum atomic E-state index is 12.4. The van der Waals surface area contributed by atoms with Crippen molar-refractivity contribution in [3.05, 3.63) is 56.8 Å². The van der Waals surface area contributed by atoms with Gasteiger partial charge in [-0.2, -0.15) is 5.26 Å². The van der Waals surface area contributed by atoms with Gasteiger partial charge in [0, 0.05) is 34.7 Å². The molecule has 1 aliphatic heterocycles. The van der Waals surface area contributed by atoms with Crippen LogP contribution in [0.15, 0.2) is 34.3 Å². The maximum absolute atomic E-state index is 12.4. The Labute approximate surface area is 174 Å².